The Morgan fingerprint density at radius 3 is 2.50 bits per heavy atom. The molecule has 0 saturated heterocycles. The standard InChI is InChI=1S/C13H18ClNO3/c1-9(8-14)3-2-4-15-13(18)10-5-11(16)7-12(17)6-10/h5-7,9,16-17H,2-4,8H2,1H3,(H,15,18). The predicted molar refractivity (Wildman–Crippen MR) is 71.2 cm³/mol. The molecule has 0 aromatic heterocycles. The second-order valence-electron chi connectivity index (χ2n) is 4.40. The minimum atomic E-state index is -0.306. The number of benzene rings is 1. The summed E-state index contributed by atoms with van der Waals surface area (Å²) >= 11 is 5.68. The summed E-state index contributed by atoms with van der Waals surface area (Å²) in [6.07, 6.45) is 1.81. The quantitative estimate of drug-likeness (QED) is 0.550. The SMILES string of the molecule is CC(CCl)CCCNC(=O)c1cc(O)cc(O)c1. The third-order valence-corrected chi connectivity index (χ3v) is 3.11. The zero-order valence-electron chi connectivity index (χ0n) is 10.3. The van der Waals surface area contributed by atoms with Crippen LogP contribution in [0.3, 0.4) is 0 Å². The largest absolute Gasteiger partial charge is 0.508 e. The number of amides is 1. The molecule has 4 nitrogen and oxygen atoms in total. The highest BCUT2D eigenvalue weighted by Crippen LogP contribution is 2.20. The second kappa shape index (κ2) is 7.11. The number of aromatic hydroxyl groups is 2. The molecule has 0 aliphatic heterocycles. The van der Waals surface area contributed by atoms with Crippen LogP contribution in [0.5, 0.6) is 11.5 Å². The molecule has 100 valence electrons. The first-order valence-electron chi connectivity index (χ1n) is 5.90. The first-order chi connectivity index (χ1) is 8.52. The van der Waals surface area contributed by atoms with Gasteiger partial charge in [0, 0.05) is 24.1 Å². The van der Waals surface area contributed by atoms with Gasteiger partial charge in [0.2, 0.25) is 0 Å². The molecule has 0 aliphatic carbocycles. The molecule has 1 aromatic carbocycles. The average Bonchev–Trinajstić information content (AvgIpc) is 2.32. The van der Waals surface area contributed by atoms with Crippen LogP contribution in [-0.4, -0.2) is 28.5 Å². The van der Waals surface area contributed by atoms with Crippen molar-refractivity contribution in [3.05, 3.63) is 23.8 Å². The van der Waals surface area contributed by atoms with Gasteiger partial charge in [-0.3, -0.25) is 4.79 Å². The number of phenolic OH excluding ortho intramolecular Hbond substituents is 2. The summed E-state index contributed by atoms with van der Waals surface area (Å²) in [6, 6.07) is 3.81. The van der Waals surface area contributed by atoms with E-state index in [0.29, 0.717) is 18.3 Å². The Hall–Kier alpha value is -1.42. The molecule has 1 atom stereocenters. The number of nitrogens with one attached hydrogen (secondary N) is 1. The Morgan fingerprint density at radius 2 is 1.94 bits per heavy atom. The molecule has 1 amide bonds. The highest BCUT2D eigenvalue weighted by atomic mass is 35.5. The maximum absolute atomic E-state index is 11.7. The number of rotatable bonds is 6. The van der Waals surface area contributed by atoms with Crippen LogP contribution in [0, 0.1) is 5.92 Å². The molecule has 0 saturated carbocycles. The van der Waals surface area contributed by atoms with Crippen LogP contribution in [0.4, 0.5) is 0 Å². The van der Waals surface area contributed by atoms with Gasteiger partial charge in [0.05, 0.1) is 0 Å². The van der Waals surface area contributed by atoms with E-state index in [1.165, 1.54) is 18.2 Å². The van der Waals surface area contributed by atoms with E-state index in [0.717, 1.165) is 12.8 Å². The van der Waals surface area contributed by atoms with Gasteiger partial charge in [-0.05, 0) is 30.9 Å². The maximum Gasteiger partial charge on any atom is 0.251 e. The zero-order valence-corrected chi connectivity index (χ0v) is 11.1. The fourth-order valence-corrected chi connectivity index (χ4v) is 1.71. The van der Waals surface area contributed by atoms with Gasteiger partial charge in [-0.1, -0.05) is 6.92 Å². The summed E-state index contributed by atoms with van der Waals surface area (Å²) in [5.74, 6) is 0.494. The van der Waals surface area contributed by atoms with E-state index in [2.05, 4.69) is 12.2 Å². The number of hydrogen-bond acceptors (Lipinski definition) is 3. The molecule has 3 N–H and O–H groups in total. The number of carbonyl (C=O) groups is 1. The monoisotopic (exact) mass is 271 g/mol. The number of hydrogen-bond donors (Lipinski definition) is 3. The third kappa shape index (κ3) is 4.84. The Balaban J connectivity index is 2.41. The van der Waals surface area contributed by atoms with E-state index >= 15 is 0 Å². The van der Waals surface area contributed by atoms with Crippen LogP contribution in [0.2, 0.25) is 0 Å². The smallest absolute Gasteiger partial charge is 0.251 e. The summed E-state index contributed by atoms with van der Waals surface area (Å²) in [7, 11) is 0. The average molecular weight is 272 g/mol. The van der Waals surface area contributed by atoms with Crippen molar-refractivity contribution in [2.24, 2.45) is 5.92 Å². The van der Waals surface area contributed by atoms with Crippen LogP contribution >= 0.6 is 11.6 Å². The lowest BCUT2D eigenvalue weighted by molar-refractivity contribution is 0.0951. The van der Waals surface area contributed by atoms with Crippen LogP contribution in [0.1, 0.15) is 30.1 Å². The molecule has 0 aliphatic rings. The summed E-state index contributed by atoms with van der Waals surface area (Å²) in [6.45, 7) is 2.61. The molecule has 0 spiro atoms. The van der Waals surface area contributed by atoms with Gasteiger partial charge in [0.15, 0.2) is 0 Å². The first kappa shape index (κ1) is 14.6. The van der Waals surface area contributed by atoms with Crippen molar-refractivity contribution in [1.29, 1.82) is 0 Å². The van der Waals surface area contributed by atoms with Gasteiger partial charge in [0.1, 0.15) is 11.5 Å². The van der Waals surface area contributed by atoms with Crippen molar-refractivity contribution in [1.82, 2.24) is 5.32 Å². The summed E-state index contributed by atoms with van der Waals surface area (Å²) in [4.78, 5) is 11.7. The molecule has 1 rings (SSSR count). The molecule has 0 heterocycles. The highest BCUT2D eigenvalue weighted by molar-refractivity contribution is 6.18. The zero-order chi connectivity index (χ0) is 13.5. The van der Waals surface area contributed by atoms with E-state index in [4.69, 9.17) is 11.6 Å². The summed E-state index contributed by atoms with van der Waals surface area (Å²) < 4.78 is 0. The fraction of sp³-hybridized carbons (Fsp3) is 0.462. The number of halogens is 1. The van der Waals surface area contributed by atoms with Gasteiger partial charge in [-0.2, -0.15) is 0 Å². The number of phenols is 2. The lowest BCUT2D eigenvalue weighted by atomic mass is 10.1. The van der Waals surface area contributed by atoms with E-state index < -0.39 is 0 Å². The lowest BCUT2D eigenvalue weighted by Crippen LogP contribution is -2.24. The topological polar surface area (TPSA) is 69.6 Å². The van der Waals surface area contributed by atoms with Crippen molar-refractivity contribution in [3.8, 4) is 11.5 Å². The van der Waals surface area contributed by atoms with Gasteiger partial charge >= 0.3 is 0 Å². The van der Waals surface area contributed by atoms with Crippen molar-refractivity contribution >= 4 is 17.5 Å². The number of alkyl halides is 1. The first-order valence-corrected chi connectivity index (χ1v) is 6.43. The summed E-state index contributed by atoms with van der Waals surface area (Å²) in [5.41, 5.74) is 0.248. The Kier molecular flexibility index (Phi) is 5.78. The second-order valence-corrected chi connectivity index (χ2v) is 4.70. The highest BCUT2D eigenvalue weighted by Gasteiger charge is 2.08. The van der Waals surface area contributed by atoms with Crippen LogP contribution in [0.15, 0.2) is 18.2 Å². The minimum absolute atomic E-state index is 0.129. The van der Waals surface area contributed by atoms with Gasteiger partial charge in [-0.15, -0.1) is 11.6 Å². The number of carbonyl (C=O) groups excluding carboxylic acids is 1. The van der Waals surface area contributed by atoms with Crippen molar-refractivity contribution < 1.29 is 15.0 Å². The van der Waals surface area contributed by atoms with Gasteiger partial charge in [0.25, 0.3) is 5.91 Å². The van der Waals surface area contributed by atoms with Crippen LogP contribution < -0.4 is 5.32 Å². The van der Waals surface area contributed by atoms with Crippen LogP contribution in [-0.2, 0) is 0 Å². The molecule has 0 radical (unpaired) electrons. The Labute approximate surface area is 112 Å². The van der Waals surface area contributed by atoms with Crippen molar-refractivity contribution in [3.63, 3.8) is 0 Å². The molecule has 1 unspecified atom stereocenters. The van der Waals surface area contributed by atoms with E-state index in [1.54, 1.807) is 0 Å². The molecular weight excluding hydrogens is 254 g/mol. The predicted octanol–water partition coefficient (Wildman–Crippen LogP) is 2.48. The summed E-state index contributed by atoms with van der Waals surface area (Å²) in [5, 5.41) is 21.3. The normalized spacial score (nSPS) is 12.1. The molecule has 1 aromatic rings. The molecule has 18 heavy (non-hydrogen) atoms. The maximum atomic E-state index is 11.7. The Morgan fingerprint density at radius 1 is 1.33 bits per heavy atom. The lowest BCUT2D eigenvalue weighted by Gasteiger charge is -2.08. The molecule has 5 heteroatoms. The molecular formula is C13H18ClNO3. The third-order valence-electron chi connectivity index (χ3n) is 2.59. The van der Waals surface area contributed by atoms with E-state index in [9.17, 15) is 15.0 Å². The van der Waals surface area contributed by atoms with Gasteiger partial charge in [-0.25, -0.2) is 0 Å². The van der Waals surface area contributed by atoms with E-state index in [-0.39, 0.29) is 23.0 Å². The molecule has 0 bridgehead atoms. The molecule has 0 fully saturated rings. The Bertz CT molecular complexity index is 389. The van der Waals surface area contributed by atoms with Crippen LogP contribution in [0.25, 0.3) is 0 Å². The van der Waals surface area contributed by atoms with Crippen molar-refractivity contribution in [2.45, 2.75) is 19.8 Å². The minimum Gasteiger partial charge on any atom is -0.508 e. The fourth-order valence-electron chi connectivity index (χ4n) is 1.56. The van der Waals surface area contributed by atoms with Crippen molar-refractivity contribution in [2.75, 3.05) is 12.4 Å². The van der Waals surface area contributed by atoms with Gasteiger partial charge < -0.3 is 15.5 Å². The van der Waals surface area contributed by atoms with E-state index in [1.807, 2.05) is 0 Å².